The Morgan fingerprint density at radius 1 is 1.19 bits per heavy atom. The predicted octanol–water partition coefficient (Wildman–Crippen LogP) is 4.46. The molecule has 3 aromatic heterocycles. The predicted molar refractivity (Wildman–Crippen MR) is 126 cm³/mol. The van der Waals surface area contributed by atoms with E-state index >= 15 is 0 Å². The number of aromatic nitrogens is 4. The number of methoxy groups -OCH3 is 1. The van der Waals surface area contributed by atoms with Gasteiger partial charge in [0.05, 0.1) is 24.2 Å². The van der Waals surface area contributed by atoms with Gasteiger partial charge in [-0.05, 0) is 55.0 Å². The Bertz CT molecular complexity index is 1240. The highest BCUT2D eigenvalue weighted by Crippen LogP contribution is 2.35. The standard InChI is InChI=1S/C23H24N4O2S2/c1-29-14-13-26-22(28)20-18-5-2-3-6-19(18)31-21(20)25-23(26)30-15-16-7-9-17(10-8-16)27-12-4-11-24-27/h4,7-12H,2-3,5-6,13-15H2,1H3. The van der Waals surface area contributed by atoms with Gasteiger partial charge >= 0.3 is 0 Å². The van der Waals surface area contributed by atoms with E-state index in [0.29, 0.717) is 13.2 Å². The van der Waals surface area contributed by atoms with E-state index in [1.807, 2.05) is 16.9 Å². The van der Waals surface area contributed by atoms with Crippen LogP contribution in [0.5, 0.6) is 0 Å². The Morgan fingerprint density at radius 2 is 2.03 bits per heavy atom. The lowest BCUT2D eigenvalue weighted by Crippen LogP contribution is -2.25. The number of ether oxygens (including phenoxy) is 1. The molecule has 8 heteroatoms. The van der Waals surface area contributed by atoms with E-state index in [1.54, 1.807) is 41.0 Å². The molecule has 6 nitrogen and oxygen atoms in total. The molecule has 3 heterocycles. The lowest BCUT2D eigenvalue weighted by atomic mass is 9.97. The number of aryl methyl sites for hydroxylation is 2. The lowest BCUT2D eigenvalue weighted by molar-refractivity contribution is 0.183. The third-order valence-corrected chi connectivity index (χ3v) is 7.87. The minimum atomic E-state index is 0.0815. The zero-order chi connectivity index (χ0) is 21.2. The number of hydrogen-bond acceptors (Lipinski definition) is 6. The van der Waals surface area contributed by atoms with E-state index in [2.05, 4.69) is 29.4 Å². The van der Waals surface area contributed by atoms with Crippen molar-refractivity contribution in [2.45, 2.75) is 43.1 Å². The van der Waals surface area contributed by atoms with Gasteiger partial charge in [0.2, 0.25) is 0 Å². The second-order valence-electron chi connectivity index (χ2n) is 7.64. The Kier molecular flexibility index (Phi) is 5.93. The SMILES string of the molecule is COCCn1c(SCc2ccc(-n3cccn3)cc2)nc2sc3c(c2c1=O)CCCC3. The van der Waals surface area contributed by atoms with Gasteiger partial charge in [0.1, 0.15) is 4.83 Å². The van der Waals surface area contributed by atoms with Crippen molar-refractivity contribution in [3.63, 3.8) is 0 Å². The summed E-state index contributed by atoms with van der Waals surface area (Å²) in [4.78, 5) is 20.6. The van der Waals surface area contributed by atoms with Crippen molar-refractivity contribution in [2.75, 3.05) is 13.7 Å². The first-order chi connectivity index (χ1) is 15.2. The third-order valence-electron chi connectivity index (χ3n) is 5.63. The first-order valence-electron chi connectivity index (χ1n) is 10.5. The van der Waals surface area contributed by atoms with Crippen molar-refractivity contribution in [3.05, 3.63) is 69.1 Å². The smallest absolute Gasteiger partial charge is 0.263 e. The lowest BCUT2D eigenvalue weighted by Gasteiger charge is -2.13. The number of hydrogen-bond donors (Lipinski definition) is 0. The van der Waals surface area contributed by atoms with Crippen LogP contribution in [0.1, 0.15) is 28.8 Å². The molecule has 0 saturated heterocycles. The second-order valence-corrected chi connectivity index (χ2v) is 9.67. The first-order valence-corrected chi connectivity index (χ1v) is 12.3. The molecule has 1 aliphatic rings. The van der Waals surface area contributed by atoms with Crippen LogP contribution in [0.25, 0.3) is 15.9 Å². The normalized spacial score (nSPS) is 13.6. The molecule has 4 aromatic rings. The van der Waals surface area contributed by atoms with Gasteiger partial charge in [0.15, 0.2) is 5.16 Å². The van der Waals surface area contributed by atoms with Crippen LogP contribution >= 0.6 is 23.1 Å². The van der Waals surface area contributed by atoms with Crippen LogP contribution in [0.4, 0.5) is 0 Å². The van der Waals surface area contributed by atoms with E-state index in [1.165, 1.54) is 22.4 Å². The zero-order valence-corrected chi connectivity index (χ0v) is 19.0. The average Bonchev–Trinajstić information content (AvgIpc) is 3.45. The van der Waals surface area contributed by atoms with Gasteiger partial charge in [0.25, 0.3) is 5.56 Å². The number of nitrogens with zero attached hydrogens (tertiary/aromatic N) is 4. The van der Waals surface area contributed by atoms with Gasteiger partial charge in [-0.25, -0.2) is 9.67 Å². The van der Waals surface area contributed by atoms with E-state index in [-0.39, 0.29) is 5.56 Å². The number of thiophene rings is 1. The molecule has 0 N–H and O–H groups in total. The van der Waals surface area contributed by atoms with Gasteiger partial charge in [0, 0.05) is 30.1 Å². The maximum atomic E-state index is 13.4. The Morgan fingerprint density at radius 3 is 2.81 bits per heavy atom. The average molecular weight is 453 g/mol. The van der Waals surface area contributed by atoms with Crippen LogP contribution in [-0.2, 0) is 29.9 Å². The van der Waals surface area contributed by atoms with Crippen LogP contribution in [-0.4, -0.2) is 33.0 Å². The summed E-state index contributed by atoms with van der Waals surface area (Å²) in [6.45, 7) is 1.01. The highest BCUT2D eigenvalue weighted by Gasteiger charge is 2.22. The number of fused-ring (bicyclic) bond motifs is 3. The van der Waals surface area contributed by atoms with Crippen molar-refractivity contribution >= 4 is 33.3 Å². The van der Waals surface area contributed by atoms with Gasteiger partial charge in [-0.3, -0.25) is 9.36 Å². The van der Waals surface area contributed by atoms with Crippen LogP contribution < -0.4 is 5.56 Å². The minimum absolute atomic E-state index is 0.0815. The van der Waals surface area contributed by atoms with Crippen molar-refractivity contribution < 1.29 is 4.74 Å². The van der Waals surface area contributed by atoms with Crippen LogP contribution in [0, 0.1) is 0 Å². The molecule has 0 radical (unpaired) electrons. The molecule has 0 unspecified atom stereocenters. The highest BCUT2D eigenvalue weighted by molar-refractivity contribution is 7.98. The maximum Gasteiger partial charge on any atom is 0.263 e. The zero-order valence-electron chi connectivity index (χ0n) is 17.4. The summed E-state index contributed by atoms with van der Waals surface area (Å²) in [5, 5.41) is 5.87. The largest absolute Gasteiger partial charge is 0.383 e. The fourth-order valence-electron chi connectivity index (χ4n) is 4.02. The van der Waals surface area contributed by atoms with Crippen molar-refractivity contribution in [3.8, 4) is 5.69 Å². The van der Waals surface area contributed by atoms with E-state index < -0.39 is 0 Å². The summed E-state index contributed by atoms with van der Waals surface area (Å²) in [6, 6.07) is 10.2. The van der Waals surface area contributed by atoms with Gasteiger partial charge in [-0.1, -0.05) is 23.9 Å². The monoisotopic (exact) mass is 452 g/mol. The van der Waals surface area contributed by atoms with Gasteiger partial charge in [-0.2, -0.15) is 5.10 Å². The number of benzene rings is 1. The molecule has 0 aliphatic heterocycles. The quantitative estimate of drug-likeness (QED) is 0.306. The minimum Gasteiger partial charge on any atom is -0.383 e. The van der Waals surface area contributed by atoms with Crippen molar-refractivity contribution in [2.24, 2.45) is 0 Å². The molecule has 1 aliphatic carbocycles. The molecule has 5 rings (SSSR count). The van der Waals surface area contributed by atoms with E-state index in [4.69, 9.17) is 9.72 Å². The van der Waals surface area contributed by atoms with Crippen LogP contribution in [0.15, 0.2) is 52.7 Å². The fourth-order valence-corrected chi connectivity index (χ4v) is 6.31. The van der Waals surface area contributed by atoms with E-state index in [0.717, 1.165) is 46.1 Å². The Hall–Kier alpha value is -2.42. The topological polar surface area (TPSA) is 61.9 Å². The summed E-state index contributed by atoms with van der Waals surface area (Å²) in [5.74, 6) is 0.745. The molecule has 0 bridgehead atoms. The molecule has 0 fully saturated rings. The molecule has 1 aromatic carbocycles. The molecule has 0 spiro atoms. The summed E-state index contributed by atoms with van der Waals surface area (Å²) in [7, 11) is 1.66. The molecule has 31 heavy (non-hydrogen) atoms. The highest BCUT2D eigenvalue weighted by atomic mass is 32.2. The fraction of sp³-hybridized carbons (Fsp3) is 0.348. The first kappa shape index (κ1) is 20.5. The summed E-state index contributed by atoms with van der Waals surface area (Å²) >= 11 is 3.31. The van der Waals surface area contributed by atoms with Crippen LogP contribution in [0.2, 0.25) is 0 Å². The van der Waals surface area contributed by atoms with Gasteiger partial charge < -0.3 is 4.74 Å². The third kappa shape index (κ3) is 4.07. The molecule has 160 valence electrons. The van der Waals surface area contributed by atoms with Crippen LogP contribution in [0.3, 0.4) is 0 Å². The molecular weight excluding hydrogens is 428 g/mol. The molecule has 0 atom stereocenters. The molecule has 0 amide bonds. The number of thioether (sulfide) groups is 1. The van der Waals surface area contributed by atoms with Crippen molar-refractivity contribution in [1.82, 2.24) is 19.3 Å². The van der Waals surface area contributed by atoms with Gasteiger partial charge in [-0.15, -0.1) is 11.3 Å². The Labute approximate surface area is 188 Å². The second kappa shape index (κ2) is 8.98. The van der Waals surface area contributed by atoms with E-state index in [9.17, 15) is 4.79 Å². The number of rotatable bonds is 7. The summed E-state index contributed by atoms with van der Waals surface area (Å²) in [5.41, 5.74) is 3.53. The Balaban J connectivity index is 1.44. The summed E-state index contributed by atoms with van der Waals surface area (Å²) < 4.78 is 8.91. The van der Waals surface area contributed by atoms with Crippen molar-refractivity contribution in [1.29, 1.82) is 0 Å². The summed E-state index contributed by atoms with van der Waals surface area (Å²) in [6.07, 6.45) is 8.12. The maximum absolute atomic E-state index is 13.4. The molecule has 0 saturated carbocycles. The molecular formula is C23H24N4O2S2.